The molecule has 0 spiro atoms. The van der Waals surface area contributed by atoms with Crippen molar-refractivity contribution in [1.29, 1.82) is 0 Å². The molecule has 98 valence electrons. The predicted molar refractivity (Wildman–Crippen MR) is 69.3 cm³/mol. The van der Waals surface area contributed by atoms with Crippen LogP contribution in [0.5, 0.6) is 0 Å². The van der Waals surface area contributed by atoms with Crippen molar-refractivity contribution in [2.45, 2.75) is 26.7 Å². The summed E-state index contributed by atoms with van der Waals surface area (Å²) in [5.41, 5.74) is 2.32. The second kappa shape index (κ2) is 6.79. The lowest BCUT2D eigenvalue weighted by Gasteiger charge is -2.09. The summed E-state index contributed by atoms with van der Waals surface area (Å²) in [7, 11) is 0. The van der Waals surface area contributed by atoms with Crippen LogP contribution in [0.3, 0.4) is 0 Å². The van der Waals surface area contributed by atoms with Gasteiger partial charge in [-0.3, -0.25) is 9.59 Å². The van der Waals surface area contributed by atoms with E-state index in [4.69, 9.17) is 5.11 Å². The van der Waals surface area contributed by atoms with E-state index in [1.165, 1.54) is 5.56 Å². The first-order chi connectivity index (χ1) is 8.50. The van der Waals surface area contributed by atoms with Crippen molar-refractivity contribution in [3.05, 3.63) is 35.4 Å². The van der Waals surface area contributed by atoms with Gasteiger partial charge in [0.25, 0.3) is 0 Å². The first kappa shape index (κ1) is 14.2. The first-order valence-corrected chi connectivity index (χ1v) is 6.04. The monoisotopic (exact) mass is 249 g/mol. The maximum absolute atomic E-state index is 11.6. The topological polar surface area (TPSA) is 66.4 Å². The molecule has 0 saturated carbocycles. The van der Waals surface area contributed by atoms with Gasteiger partial charge >= 0.3 is 5.97 Å². The number of carboxylic acids is 1. The Morgan fingerprint density at radius 1 is 1.33 bits per heavy atom. The zero-order valence-electron chi connectivity index (χ0n) is 10.8. The molecule has 1 atom stereocenters. The molecule has 18 heavy (non-hydrogen) atoms. The van der Waals surface area contributed by atoms with Gasteiger partial charge in [-0.2, -0.15) is 0 Å². The van der Waals surface area contributed by atoms with Gasteiger partial charge in [-0.1, -0.05) is 31.2 Å². The molecule has 0 radical (unpaired) electrons. The van der Waals surface area contributed by atoms with Crippen LogP contribution in [-0.2, 0) is 16.0 Å². The first-order valence-electron chi connectivity index (χ1n) is 6.04. The molecule has 4 heteroatoms. The molecule has 1 unspecified atom stereocenters. The average Bonchev–Trinajstić information content (AvgIpc) is 2.34. The van der Waals surface area contributed by atoms with Gasteiger partial charge in [0.2, 0.25) is 5.91 Å². The van der Waals surface area contributed by atoms with Crippen molar-refractivity contribution in [2.24, 2.45) is 5.92 Å². The summed E-state index contributed by atoms with van der Waals surface area (Å²) in [5.74, 6) is -1.55. The molecule has 0 saturated heterocycles. The minimum Gasteiger partial charge on any atom is -0.481 e. The molecule has 0 bridgehead atoms. The van der Waals surface area contributed by atoms with Crippen LogP contribution in [0.15, 0.2) is 24.3 Å². The van der Waals surface area contributed by atoms with Gasteiger partial charge in [0.15, 0.2) is 0 Å². The van der Waals surface area contributed by atoms with E-state index in [-0.39, 0.29) is 12.5 Å². The van der Waals surface area contributed by atoms with Crippen LogP contribution < -0.4 is 5.32 Å². The minimum atomic E-state index is -0.894. The van der Waals surface area contributed by atoms with Crippen LogP contribution >= 0.6 is 0 Å². The standard InChI is InChI=1S/C14H19NO3/c1-10-5-3-4-6-12(10)7-8-13(16)15-9-11(2)14(17)18/h3-6,11H,7-9H2,1-2H3,(H,15,16)(H,17,18). The third kappa shape index (κ3) is 4.57. The molecule has 4 nitrogen and oxygen atoms in total. The van der Waals surface area contributed by atoms with E-state index in [1.807, 2.05) is 31.2 Å². The molecule has 2 N–H and O–H groups in total. The fourth-order valence-electron chi connectivity index (χ4n) is 1.58. The number of amides is 1. The van der Waals surface area contributed by atoms with Gasteiger partial charge in [-0.05, 0) is 24.5 Å². The zero-order chi connectivity index (χ0) is 13.5. The van der Waals surface area contributed by atoms with E-state index in [2.05, 4.69) is 5.32 Å². The predicted octanol–water partition coefficient (Wildman–Crippen LogP) is 1.76. The number of aliphatic carboxylic acids is 1. The smallest absolute Gasteiger partial charge is 0.308 e. The SMILES string of the molecule is Cc1ccccc1CCC(=O)NCC(C)C(=O)O. The van der Waals surface area contributed by atoms with Gasteiger partial charge in [0.1, 0.15) is 0 Å². The van der Waals surface area contributed by atoms with Crippen molar-refractivity contribution in [3.8, 4) is 0 Å². The largest absolute Gasteiger partial charge is 0.481 e. The molecular weight excluding hydrogens is 230 g/mol. The summed E-state index contributed by atoms with van der Waals surface area (Å²) >= 11 is 0. The number of hydrogen-bond acceptors (Lipinski definition) is 2. The maximum atomic E-state index is 11.6. The fourth-order valence-corrected chi connectivity index (χ4v) is 1.58. The Morgan fingerprint density at radius 3 is 2.61 bits per heavy atom. The molecule has 0 aliphatic rings. The Labute approximate surface area is 107 Å². The number of carboxylic acid groups (broad SMARTS) is 1. The van der Waals surface area contributed by atoms with Crippen molar-refractivity contribution in [1.82, 2.24) is 5.32 Å². The van der Waals surface area contributed by atoms with Gasteiger partial charge < -0.3 is 10.4 Å². The molecule has 1 amide bonds. The van der Waals surface area contributed by atoms with Crippen LogP contribution in [0.25, 0.3) is 0 Å². The van der Waals surface area contributed by atoms with Gasteiger partial charge in [0, 0.05) is 13.0 Å². The molecular formula is C14H19NO3. The van der Waals surface area contributed by atoms with Crippen LogP contribution in [0.2, 0.25) is 0 Å². The number of hydrogen-bond donors (Lipinski definition) is 2. The molecule has 0 aliphatic carbocycles. The molecule has 0 aromatic heterocycles. The van der Waals surface area contributed by atoms with E-state index in [1.54, 1.807) is 6.92 Å². The van der Waals surface area contributed by atoms with Crippen molar-refractivity contribution in [2.75, 3.05) is 6.54 Å². The molecule has 1 rings (SSSR count). The van der Waals surface area contributed by atoms with Gasteiger partial charge in [-0.15, -0.1) is 0 Å². The number of carbonyl (C=O) groups is 2. The molecule has 1 aromatic rings. The number of benzene rings is 1. The van der Waals surface area contributed by atoms with Crippen LogP contribution in [0.4, 0.5) is 0 Å². The zero-order valence-corrected chi connectivity index (χ0v) is 10.8. The Bertz CT molecular complexity index is 429. The summed E-state index contributed by atoms with van der Waals surface area (Å²) in [6.45, 7) is 3.77. The summed E-state index contributed by atoms with van der Waals surface area (Å²) in [4.78, 5) is 22.1. The second-order valence-electron chi connectivity index (χ2n) is 4.47. The van der Waals surface area contributed by atoms with Crippen LogP contribution in [-0.4, -0.2) is 23.5 Å². The average molecular weight is 249 g/mol. The Hall–Kier alpha value is -1.84. The normalized spacial score (nSPS) is 11.9. The third-order valence-electron chi connectivity index (χ3n) is 2.91. The van der Waals surface area contributed by atoms with E-state index in [9.17, 15) is 9.59 Å². The Balaban J connectivity index is 2.34. The third-order valence-corrected chi connectivity index (χ3v) is 2.91. The summed E-state index contributed by atoms with van der Waals surface area (Å²) in [5, 5.41) is 11.3. The lowest BCUT2D eigenvalue weighted by molar-refractivity contribution is -0.141. The van der Waals surface area contributed by atoms with E-state index < -0.39 is 11.9 Å². The summed E-state index contributed by atoms with van der Waals surface area (Å²) in [6.07, 6.45) is 1.07. The molecule has 1 aromatic carbocycles. The van der Waals surface area contributed by atoms with E-state index >= 15 is 0 Å². The molecule has 0 heterocycles. The number of carbonyl (C=O) groups excluding carboxylic acids is 1. The highest BCUT2D eigenvalue weighted by molar-refractivity contribution is 5.77. The number of rotatable bonds is 6. The Kier molecular flexibility index (Phi) is 5.36. The van der Waals surface area contributed by atoms with Crippen molar-refractivity contribution in [3.63, 3.8) is 0 Å². The van der Waals surface area contributed by atoms with Crippen molar-refractivity contribution >= 4 is 11.9 Å². The Morgan fingerprint density at radius 2 is 2.00 bits per heavy atom. The number of aryl methyl sites for hydroxylation is 2. The quantitative estimate of drug-likeness (QED) is 0.807. The maximum Gasteiger partial charge on any atom is 0.308 e. The van der Waals surface area contributed by atoms with Crippen LogP contribution in [0.1, 0.15) is 24.5 Å². The highest BCUT2D eigenvalue weighted by atomic mass is 16.4. The minimum absolute atomic E-state index is 0.105. The van der Waals surface area contributed by atoms with Gasteiger partial charge in [-0.25, -0.2) is 0 Å². The highest BCUT2D eigenvalue weighted by Gasteiger charge is 2.12. The van der Waals surface area contributed by atoms with Gasteiger partial charge in [0.05, 0.1) is 5.92 Å². The second-order valence-corrected chi connectivity index (χ2v) is 4.47. The molecule has 0 fully saturated rings. The molecule has 0 aliphatic heterocycles. The lowest BCUT2D eigenvalue weighted by atomic mass is 10.0. The summed E-state index contributed by atoms with van der Waals surface area (Å²) in [6, 6.07) is 7.93. The number of nitrogens with one attached hydrogen (secondary N) is 1. The van der Waals surface area contributed by atoms with E-state index in [0.29, 0.717) is 12.8 Å². The van der Waals surface area contributed by atoms with Crippen LogP contribution in [0, 0.1) is 12.8 Å². The fraction of sp³-hybridized carbons (Fsp3) is 0.429. The van der Waals surface area contributed by atoms with E-state index in [0.717, 1.165) is 5.56 Å². The highest BCUT2D eigenvalue weighted by Crippen LogP contribution is 2.09. The lowest BCUT2D eigenvalue weighted by Crippen LogP contribution is -2.31. The van der Waals surface area contributed by atoms with Crippen molar-refractivity contribution < 1.29 is 14.7 Å². The summed E-state index contributed by atoms with van der Waals surface area (Å²) < 4.78 is 0.